The number of likely N-dealkylation sites (tertiary alicyclic amines) is 1. The maximum Gasteiger partial charge on any atom is 0.0900 e. The minimum absolute atomic E-state index is 0.262. The summed E-state index contributed by atoms with van der Waals surface area (Å²) >= 11 is 0. The summed E-state index contributed by atoms with van der Waals surface area (Å²) in [5.74, 6) is 1.81. The normalized spacial score (nSPS) is 36.8. The van der Waals surface area contributed by atoms with E-state index in [1.165, 1.54) is 32.4 Å². The third-order valence-electron chi connectivity index (χ3n) is 4.91. The molecule has 0 radical (unpaired) electrons. The van der Waals surface area contributed by atoms with Crippen molar-refractivity contribution in [2.24, 2.45) is 11.8 Å². The van der Waals surface area contributed by atoms with E-state index in [0.29, 0.717) is 13.2 Å². The van der Waals surface area contributed by atoms with Gasteiger partial charge in [0, 0.05) is 26.2 Å². The van der Waals surface area contributed by atoms with Gasteiger partial charge in [0.1, 0.15) is 0 Å². The molecule has 3 aliphatic rings. The second kappa shape index (κ2) is 6.53. The Morgan fingerprint density at radius 3 is 2.63 bits per heavy atom. The van der Waals surface area contributed by atoms with Crippen LogP contribution in [0.1, 0.15) is 32.1 Å². The zero-order chi connectivity index (χ0) is 13.1. The lowest BCUT2D eigenvalue weighted by molar-refractivity contribution is -0.0240. The highest BCUT2D eigenvalue weighted by atomic mass is 16.5. The van der Waals surface area contributed by atoms with Crippen LogP contribution in [0.15, 0.2) is 0 Å². The fourth-order valence-electron chi connectivity index (χ4n) is 3.94. The van der Waals surface area contributed by atoms with Crippen LogP contribution in [0.4, 0.5) is 0 Å². The lowest BCUT2D eigenvalue weighted by atomic mass is 10.0. The number of hydrogen-bond donors (Lipinski definition) is 1. The summed E-state index contributed by atoms with van der Waals surface area (Å²) in [7, 11) is 0. The highest BCUT2D eigenvalue weighted by Crippen LogP contribution is 2.37. The van der Waals surface area contributed by atoms with Gasteiger partial charge in [0.2, 0.25) is 0 Å². The van der Waals surface area contributed by atoms with Crippen LogP contribution < -0.4 is 0 Å². The molecule has 0 aromatic rings. The molecular weight excluding hydrogens is 242 g/mol. The predicted molar refractivity (Wildman–Crippen MR) is 73.1 cm³/mol. The summed E-state index contributed by atoms with van der Waals surface area (Å²) in [6.07, 6.45) is 6.37. The number of fused-ring (bicyclic) bond motifs is 1. The summed E-state index contributed by atoms with van der Waals surface area (Å²) in [4.78, 5) is 2.43. The monoisotopic (exact) mass is 269 g/mol. The first-order chi connectivity index (χ1) is 9.31. The fourth-order valence-corrected chi connectivity index (χ4v) is 3.94. The second-order valence-corrected chi connectivity index (χ2v) is 6.50. The van der Waals surface area contributed by atoms with Crippen LogP contribution in [0, 0.1) is 11.8 Å². The molecule has 4 nitrogen and oxygen atoms in total. The van der Waals surface area contributed by atoms with Gasteiger partial charge in [-0.1, -0.05) is 6.42 Å². The molecule has 2 aliphatic heterocycles. The molecular formula is C15H27NO3. The minimum Gasteiger partial charge on any atom is -0.389 e. The number of ether oxygens (including phenoxy) is 2. The Morgan fingerprint density at radius 1 is 1.16 bits per heavy atom. The molecule has 19 heavy (non-hydrogen) atoms. The Labute approximate surface area is 116 Å². The molecule has 4 atom stereocenters. The van der Waals surface area contributed by atoms with Crippen LogP contribution in [-0.2, 0) is 9.47 Å². The second-order valence-electron chi connectivity index (χ2n) is 6.50. The van der Waals surface area contributed by atoms with Crippen LogP contribution in [0.5, 0.6) is 0 Å². The first-order valence-electron chi connectivity index (χ1n) is 7.91. The number of hydrogen-bond acceptors (Lipinski definition) is 4. The molecule has 0 aromatic carbocycles. The number of nitrogens with zero attached hydrogens (tertiary/aromatic N) is 1. The van der Waals surface area contributed by atoms with E-state index in [1.807, 2.05) is 0 Å². The Morgan fingerprint density at radius 2 is 1.95 bits per heavy atom. The van der Waals surface area contributed by atoms with E-state index in [1.54, 1.807) is 0 Å². The van der Waals surface area contributed by atoms with Crippen molar-refractivity contribution in [1.29, 1.82) is 0 Å². The molecule has 1 N–H and O–H groups in total. The van der Waals surface area contributed by atoms with Crippen LogP contribution in [-0.4, -0.2) is 61.7 Å². The summed E-state index contributed by atoms with van der Waals surface area (Å²) in [6, 6.07) is 0. The van der Waals surface area contributed by atoms with Gasteiger partial charge in [-0.2, -0.15) is 0 Å². The van der Waals surface area contributed by atoms with E-state index in [-0.39, 0.29) is 12.2 Å². The predicted octanol–water partition coefficient (Wildman–Crippen LogP) is 1.27. The van der Waals surface area contributed by atoms with Crippen molar-refractivity contribution in [3.05, 3.63) is 0 Å². The molecule has 0 bridgehead atoms. The zero-order valence-corrected chi connectivity index (χ0v) is 11.8. The van der Waals surface area contributed by atoms with Crippen LogP contribution in [0.3, 0.4) is 0 Å². The minimum atomic E-state index is -0.347. The Kier molecular flexibility index (Phi) is 4.74. The lowest BCUT2D eigenvalue weighted by Crippen LogP contribution is -2.34. The number of aliphatic hydroxyl groups excluding tert-OH is 1. The Hall–Kier alpha value is -0.160. The first kappa shape index (κ1) is 13.8. The van der Waals surface area contributed by atoms with Gasteiger partial charge in [-0.25, -0.2) is 0 Å². The van der Waals surface area contributed by atoms with Gasteiger partial charge in [-0.15, -0.1) is 0 Å². The molecule has 1 aliphatic carbocycles. The van der Waals surface area contributed by atoms with Crippen molar-refractivity contribution in [2.45, 2.75) is 44.3 Å². The Bertz CT molecular complexity index is 269. The third kappa shape index (κ3) is 3.69. The van der Waals surface area contributed by atoms with E-state index < -0.39 is 0 Å². The van der Waals surface area contributed by atoms with Gasteiger partial charge in [-0.3, -0.25) is 0 Å². The lowest BCUT2D eigenvalue weighted by Gasteiger charge is -2.21. The van der Waals surface area contributed by atoms with Crippen LogP contribution >= 0.6 is 0 Å². The van der Waals surface area contributed by atoms with Crippen molar-refractivity contribution in [3.8, 4) is 0 Å². The SMILES string of the molecule is OC(COCC1CCCO1)CN1CC2CCCC2C1. The van der Waals surface area contributed by atoms with Crippen LogP contribution in [0.25, 0.3) is 0 Å². The average molecular weight is 269 g/mol. The summed E-state index contributed by atoms with van der Waals surface area (Å²) < 4.78 is 11.1. The topological polar surface area (TPSA) is 41.9 Å². The van der Waals surface area contributed by atoms with Gasteiger partial charge < -0.3 is 19.5 Å². The molecule has 3 fully saturated rings. The number of β-amino-alcohol motifs (C(OH)–C–C–N with tert-alkyl or cyclic N) is 1. The van der Waals surface area contributed by atoms with Crippen molar-refractivity contribution in [3.63, 3.8) is 0 Å². The summed E-state index contributed by atoms with van der Waals surface area (Å²) in [5.41, 5.74) is 0. The van der Waals surface area contributed by atoms with E-state index >= 15 is 0 Å². The molecule has 0 amide bonds. The van der Waals surface area contributed by atoms with E-state index in [0.717, 1.165) is 37.8 Å². The Balaban J connectivity index is 1.29. The van der Waals surface area contributed by atoms with Crippen molar-refractivity contribution < 1.29 is 14.6 Å². The van der Waals surface area contributed by atoms with Crippen molar-refractivity contribution in [1.82, 2.24) is 4.90 Å². The molecule has 3 rings (SSSR count). The molecule has 0 spiro atoms. The van der Waals surface area contributed by atoms with Gasteiger partial charge in [0.25, 0.3) is 0 Å². The third-order valence-corrected chi connectivity index (χ3v) is 4.91. The molecule has 1 saturated carbocycles. The van der Waals surface area contributed by atoms with Gasteiger partial charge in [0.05, 0.1) is 25.4 Å². The van der Waals surface area contributed by atoms with E-state index in [2.05, 4.69) is 4.90 Å². The maximum absolute atomic E-state index is 10.0. The maximum atomic E-state index is 10.0. The van der Waals surface area contributed by atoms with Gasteiger partial charge >= 0.3 is 0 Å². The summed E-state index contributed by atoms with van der Waals surface area (Å²) in [5, 5.41) is 10.0. The van der Waals surface area contributed by atoms with Crippen molar-refractivity contribution >= 4 is 0 Å². The highest BCUT2D eigenvalue weighted by molar-refractivity contribution is 4.89. The van der Waals surface area contributed by atoms with E-state index in [4.69, 9.17) is 9.47 Å². The summed E-state index contributed by atoms with van der Waals surface area (Å²) in [6.45, 7) is 5.11. The average Bonchev–Trinajstić information content (AvgIpc) is 3.04. The molecule has 2 heterocycles. The highest BCUT2D eigenvalue weighted by Gasteiger charge is 2.36. The quantitative estimate of drug-likeness (QED) is 0.788. The van der Waals surface area contributed by atoms with Crippen molar-refractivity contribution in [2.75, 3.05) is 39.5 Å². The fraction of sp³-hybridized carbons (Fsp3) is 1.00. The molecule has 110 valence electrons. The smallest absolute Gasteiger partial charge is 0.0900 e. The standard InChI is InChI=1S/C15H27NO3/c17-14(10-18-11-15-5-2-6-19-15)9-16-7-12-3-1-4-13(12)8-16/h12-15,17H,1-11H2. The van der Waals surface area contributed by atoms with E-state index in [9.17, 15) is 5.11 Å². The largest absolute Gasteiger partial charge is 0.389 e. The molecule has 2 saturated heterocycles. The molecule has 4 heteroatoms. The molecule has 0 aromatic heterocycles. The molecule has 4 unspecified atom stereocenters. The number of rotatable bonds is 6. The van der Waals surface area contributed by atoms with Gasteiger partial charge in [0.15, 0.2) is 0 Å². The van der Waals surface area contributed by atoms with Crippen LogP contribution in [0.2, 0.25) is 0 Å². The number of aliphatic hydroxyl groups is 1. The first-order valence-corrected chi connectivity index (χ1v) is 7.91. The zero-order valence-electron chi connectivity index (χ0n) is 11.8. The van der Waals surface area contributed by atoms with Gasteiger partial charge in [-0.05, 0) is 37.5 Å².